The molecular formula is C6H10Cl2O. The highest BCUT2D eigenvalue weighted by molar-refractivity contribution is 6.48. The van der Waals surface area contributed by atoms with E-state index in [0.29, 0.717) is 0 Å². The molecule has 9 heavy (non-hydrogen) atoms. The highest BCUT2D eigenvalue weighted by atomic mass is 35.5. The van der Waals surface area contributed by atoms with Gasteiger partial charge in [-0.15, -0.1) is 23.2 Å². The second kappa shape index (κ2) is 2.65. The Balaban J connectivity index is 2.35. The van der Waals surface area contributed by atoms with Crippen LogP contribution in [-0.4, -0.2) is 15.5 Å². The molecule has 0 spiro atoms. The summed E-state index contributed by atoms with van der Waals surface area (Å²) in [4.78, 5) is 0. The molecule has 0 aromatic heterocycles. The Hall–Kier alpha value is 0.540. The van der Waals surface area contributed by atoms with Crippen molar-refractivity contribution in [2.45, 2.75) is 36.1 Å². The first-order valence-corrected chi connectivity index (χ1v) is 3.92. The Morgan fingerprint density at radius 2 is 1.67 bits per heavy atom. The topological polar surface area (TPSA) is 20.2 Å². The molecule has 0 saturated heterocycles. The molecule has 1 aliphatic rings. The largest absolute Gasteiger partial charge is 0.393 e. The average molecular weight is 169 g/mol. The molecule has 0 aromatic rings. The molecular weight excluding hydrogens is 159 g/mol. The second-order valence-electron chi connectivity index (χ2n) is 2.59. The van der Waals surface area contributed by atoms with Gasteiger partial charge < -0.3 is 5.11 Å². The summed E-state index contributed by atoms with van der Waals surface area (Å²) in [6.45, 7) is 0. The third kappa shape index (κ3) is 2.32. The third-order valence-corrected chi connectivity index (χ3v) is 2.44. The summed E-state index contributed by atoms with van der Waals surface area (Å²) in [6, 6.07) is 0. The predicted octanol–water partition coefficient (Wildman–Crippen LogP) is 2.10. The minimum absolute atomic E-state index is 0.171. The molecule has 0 aliphatic heterocycles. The Morgan fingerprint density at radius 3 is 2.00 bits per heavy atom. The number of rotatable bonds is 0. The molecule has 1 aliphatic carbocycles. The maximum Gasteiger partial charge on any atom is 0.118 e. The summed E-state index contributed by atoms with van der Waals surface area (Å²) in [6.07, 6.45) is 2.75. The zero-order chi connectivity index (χ0) is 6.91. The van der Waals surface area contributed by atoms with Crippen molar-refractivity contribution in [3.63, 3.8) is 0 Å². The van der Waals surface area contributed by atoms with Crippen molar-refractivity contribution in [3.05, 3.63) is 0 Å². The maximum absolute atomic E-state index is 9.02. The van der Waals surface area contributed by atoms with E-state index >= 15 is 0 Å². The maximum atomic E-state index is 9.02. The number of aliphatic hydroxyl groups excluding tert-OH is 1. The van der Waals surface area contributed by atoms with E-state index in [1.807, 2.05) is 0 Å². The van der Waals surface area contributed by atoms with E-state index in [1.54, 1.807) is 0 Å². The van der Waals surface area contributed by atoms with Crippen LogP contribution in [0, 0.1) is 0 Å². The monoisotopic (exact) mass is 168 g/mol. The van der Waals surface area contributed by atoms with Crippen LogP contribution >= 0.6 is 23.2 Å². The first-order valence-electron chi connectivity index (χ1n) is 3.16. The zero-order valence-electron chi connectivity index (χ0n) is 5.11. The van der Waals surface area contributed by atoms with Crippen LogP contribution in [0.3, 0.4) is 0 Å². The van der Waals surface area contributed by atoms with Gasteiger partial charge in [0.15, 0.2) is 0 Å². The van der Waals surface area contributed by atoms with Gasteiger partial charge in [0, 0.05) is 0 Å². The van der Waals surface area contributed by atoms with Gasteiger partial charge in [0.2, 0.25) is 0 Å². The highest BCUT2D eigenvalue weighted by Crippen LogP contribution is 2.37. The number of hydrogen-bond donors (Lipinski definition) is 1. The van der Waals surface area contributed by atoms with E-state index < -0.39 is 4.33 Å². The van der Waals surface area contributed by atoms with E-state index in [2.05, 4.69) is 0 Å². The second-order valence-corrected chi connectivity index (χ2v) is 4.23. The molecule has 3 heteroatoms. The lowest BCUT2D eigenvalue weighted by atomic mass is 9.97. The lowest BCUT2D eigenvalue weighted by Crippen LogP contribution is -2.25. The van der Waals surface area contributed by atoms with Gasteiger partial charge in [-0.25, -0.2) is 0 Å². The Kier molecular flexibility index (Phi) is 2.25. The molecule has 0 unspecified atom stereocenters. The molecule has 1 rings (SSSR count). The first-order chi connectivity index (χ1) is 4.10. The lowest BCUT2D eigenvalue weighted by Gasteiger charge is -2.27. The molecule has 0 aromatic carbocycles. The quantitative estimate of drug-likeness (QED) is 0.550. The van der Waals surface area contributed by atoms with Crippen LogP contribution < -0.4 is 0 Å². The third-order valence-electron chi connectivity index (χ3n) is 1.69. The minimum Gasteiger partial charge on any atom is -0.393 e. The fourth-order valence-corrected chi connectivity index (χ4v) is 1.46. The van der Waals surface area contributed by atoms with Crippen molar-refractivity contribution in [2.75, 3.05) is 0 Å². The number of hydrogen-bond acceptors (Lipinski definition) is 1. The number of alkyl halides is 2. The van der Waals surface area contributed by atoms with Crippen molar-refractivity contribution >= 4 is 23.2 Å². The smallest absolute Gasteiger partial charge is 0.118 e. The summed E-state index contributed by atoms with van der Waals surface area (Å²) < 4.78 is -0.556. The predicted molar refractivity (Wildman–Crippen MR) is 38.9 cm³/mol. The molecule has 1 fully saturated rings. The molecule has 0 amide bonds. The summed E-state index contributed by atoms with van der Waals surface area (Å²) in [7, 11) is 0. The van der Waals surface area contributed by atoms with Crippen molar-refractivity contribution < 1.29 is 5.11 Å². The standard InChI is InChI=1S/C6H10Cl2O/c7-6(8)3-1-5(9)2-4-6/h5,9H,1-4H2. The fraction of sp³-hybridized carbons (Fsp3) is 1.00. The van der Waals surface area contributed by atoms with E-state index in [4.69, 9.17) is 28.3 Å². The average Bonchev–Trinajstić information content (AvgIpc) is 1.78. The van der Waals surface area contributed by atoms with Gasteiger partial charge in [-0.3, -0.25) is 0 Å². The van der Waals surface area contributed by atoms with Gasteiger partial charge in [-0.2, -0.15) is 0 Å². The van der Waals surface area contributed by atoms with E-state index in [0.717, 1.165) is 25.7 Å². The van der Waals surface area contributed by atoms with Gasteiger partial charge >= 0.3 is 0 Å². The normalized spacial score (nSPS) is 28.3. The van der Waals surface area contributed by atoms with Crippen LogP contribution in [0.25, 0.3) is 0 Å². The molecule has 1 saturated carbocycles. The summed E-state index contributed by atoms with van der Waals surface area (Å²) in [5, 5.41) is 9.02. The summed E-state index contributed by atoms with van der Waals surface area (Å²) in [5.74, 6) is 0. The van der Waals surface area contributed by atoms with Crippen LogP contribution in [0.5, 0.6) is 0 Å². The van der Waals surface area contributed by atoms with Crippen LogP contribution in [0.1, 0.15) is 25.7 Å². The minimum atomic E-state index is -0.556. The summed E-state index contributed by atoms with van der Waals surface area (Å²) >= 11 is 11.6. The van der Waals surface area contributed by atoms with Crippen molar-refractivity contribution in [1.29, 1.82) is 0 Å². The van der Waals surface area contributed by atoms with Gasteiger partial charge in [0.25, 0.3) is 0 Å². The fourth-order valence-electron chi connectivity index (χ4n) is 1.02. The molecule has 0 heterocycles. The van der Waals surface area contributed by atoms with Crippen LogP contribution in [0.2, 0.25) is 0 Å². The molecule has 1 N–H and O–H groups in total. The van der Waals surface area contributed by atoms with Gasteiger partial charge in [0.1, 0.15) is 4.33 Å². The summed E-state index contributed by atoms with van der Waals surface area (Å²) in [5.41, 5.74) is 0. The molecule has 54 valence electrons. The van der Waals surface area contributed by atoms with E-state index in [9.17, 15) is 0 Å². The van der Waals surface area contributed by atoms with Gasteiger partial charge in [0.05, 0.1) is 6.10 Å². The number of aliphatic hydroxyl groups is 1. The molecule has 0 bridgehead atoms. The Morgan fingerprint density at radius 1 is 1.22 bits per heavy atom. The molecule has 0 atom stereocenters. The van der Waals surface area contributed by atoms with Gasteiger partial charge in [-0.05, 0) is 25.7 Å². The highest BCUT2D eigenvalue weighted by Gasteiger charge is 2.29. The van der Waals surface area contributed by atoms with Crippen LogP contribution in [0.4, 0.5) is 0 Å². The van der Waals surface area contributed by atoms with Crippen molar-refractivity contribution in [1.82, 2.24) is 0 Å². The van der Waals surface area contributed by atoms with Crippen LogP contribution in [-0.2, 0) is 0 Å². The molecule has 0 radical (unpaired) electrons. The van der Waals surface area contributed by atoms with Crippen molar-refractivity contribution in [3.8, 4) is 0 Å². The van der Waals surface area contributed by atoms with Gasteiger partial charge in [-0.1, -0.05) is 0 Å². The number of halogens is 2. The van der Waals surface area contributed by atoms with E-state index in [-0.39, 0.29) is 6.10 Å². The van der Waals surface area contributed by atoms with Crippen LogP contribution in [0.15, 0.2) is 0 Å². The Bertz CT molecular complexity index is 93.2. The molecule has 1 nitrogen and oxygen atoms in total. The Labute approximate surface area is 65.0 Å². The van der Waals surface area contributed by atoms with E-state index in [1.165, 1.54) is 0 Å². The zero-order valence-corrected chi connectivity index (χ0v) is 6.62. The first kappa shape index (κ1) is 7.64. The SMILES string of the molecule is OC1CCC(Cl)(Cl)CC1. The van der Waals surface area contributed by atoms with Crippen molar-refractivity contribution in [2.24, 2.45) is 0 Å². The lowest BCUT2D eigenvalue weighted by molar-refractivity contribution is 0.127.